The molecule has 1 saturated heterocycles. The van der Waals surface area contributed by atoms with Crippen LogP contribution in [0.15, 0.2) is 0 Å². The van der Waals surface area contributed by atoms with Gasteiger partial charge in [0.15, 0.2) is 5.82 Å². The summed E-state index contributed by atoms with van der Waals surface area (Å²) >= 11 is 0. The Balaban J connectivity index is 1.96. The molecule has 2 aliphatic rings. The average molecular weight is 389 g/mol. The number of fused-ring (bicyclic) bond motifs is 1. The van der Waals surface area contributed by atoms with Crippen molar-refractivity contribution in [1.29, 1.82) is 0 Å². The molecule has 0 aromatic carbocycles. The first-order chi connectivity index (χ1) is 13.3. The third kappa shape index (κ3) is 4.27. The van der Waals surface area contributed by atoms with Crippen LogP contribution in [0, 0.1) is 0 Å². The van der Waals surface area contributed by atoms with Gasteiger partial charge in [-0.25, -0.2) is 9.97 Å². The number of nitrogens with zero attached hydrogens (tertiary/aromatic N) is 6. The van der Waals surface area contributed by atoms with E-state index in [1.807, 2.05) is 47.8 Å². The maximum absolute atomic E-state index is 12.8. The molecule has 1 fully saturated rings. The number of anilines is 1. The fraction of sp³-hybridized carbons (Fsp3) is 0.700. The summed E-state index contributed by atoms with van der Waals surface area (Å²) in [4.78, 5) is 42.1. The molecule has 8 heteroatoms. The van der Waals surface area contributed by atoms with Gasteiger partial charge in [-0.15, -0.1) is 0 Å². The molecule has 154 valence electrons. The maximum Gasteiger partial charge on any atom is 0.237 e. The lowest BCUT2D eigenvalue weighted by Crippen LogP contribution is -2.44. The zero-order chi connectivity index (χ0) is 20.4. The molecule has 0 N–H and O–H groups in total. The summed E-state index contributed by atoms with van der Waals surface area (Å²) in [5.41, 5.74) is 2.04. The predicted octanol–water partition coefficient (Wildman–Crippen LogP) is 1.06. The third-order valence-electron chi connectivity index (χ3n) is 5.50. The van der Waals surface area contributed by atoms with Gasteiger partial charge in [0, 0.05) is 46.1 Å². The molecule has 0 aliphatic carbocycles. The van der Waals surface area contributed by atoms with Crippen LogP contribution in [0.1, 0.15) is 49.3 Å². The first-order valence-electron chi connectivity index (χ1n) is 10.0. The van der Waals surface area contributed by atoms with Crippen molar-refractivity contribution >= 4 is 17.6 Å². The molecule has 2 aliphatic heterocycles. The van der Waals surface area contributed by atoms with Gasteiger partial charge in [-0.3, -0.25) is 9.59 Å². The van der Waals surface area contributed by atoms with Crippen LogP contribution in [0.4, 0.5) is 5.82 Å². The average Bonchev–Trinajstić information content (AvgIpc) is 2.65. The second kappa shape index (κ2) is 8.43. The van der Waals surface area contributed by atoms with E-state index in [2.05, 4.69) is 0 Å². The largest absolute Gasteiger partial charge is 0.362 e. The molecule has 28 heavy (non-hydrogen) atoms. The molecule has 0 spiro atoms. The van der Waals surface area contributed by atoms with Crippen molar-refractivity contribution < 1.29 is 9.59 Å². The highest BCUT2D eigenvalue weighted by atomic mass is 16.2. The Hall–Kier alpha value is -2.22. The number of likely N-dealkylation sites (N-methyl/N-ethyl adjacent to an activating group) is 1. The van der Waals surface area contributed by atoms with E-state index in [4.69, 9.17) is 9.97 Å². The van der Waals surface area contributed by atoms with Gasteiger partial charge >= 0.3 is 0 Å². The summed E-state index contributed by atoms with van der Waals surface area (Å²) in [5.74, 6) is 1.81. The second-order valence-corrected chi connectivity index (χ2v) is 8.25. The van der Waals surface area contributed by atoms with Gasteiger partial charge in [-0.1, -0.05) is 0 Å². The lowest BCUT2D eigenvalue weighted by molar-refractivity contribution is -0.136. The number of amides is 2. The SMILES string of the molecule is CC(=O)N1CCc2nc(C3CCCCN3C(=O)CN(C)C)nc(N(C)C)c2C1. The van der Waals surface area contributed by atoms with Crippen molar-refractivity contribution in [2.45, 2.75) is 45.2 Å². The van der Waals surface area contributed by atoms with Crippen LogP contribution in [0.25, 0.3) is 0 Å². The van der Waals surface area contributed by atoms with Crippen LogP contribution in [-0.4, -0.2) is 84.3 Å². The van der Waals surface area contributed by atoms with E-state index in [0.717, 1.165) is 55.1 Å². The minimum Gasteiger partial charge on any atom is -0.362 e. The van der Waals surface area contributed by atoms with Crippen LogP contribution in [0.5, 0.6) is 0 Å². The molecule has 2 amide bonds. The molecule has 3 heterocycles. The first kappa shape index (κ1) is 20.5. The fourth-order valence-electron chi connectivity index (χ4n) is 4.06. The molecule has 1 unspecified atom stereocenters. The highest BCUT2D eigenvalue weighted by molar-refractivity contribution is 5.78. The quantitative estimate of drug-likeness (QED) is 0.768. The van der Waals surface area contributed by atoms with E-state index in [1.165, 1.54) is 0 Å². The van der Waals surface area contributed by atoms with Gasteiger partial charge in [-0.2, -0.15) is 0 Å². The Bertz CT molecular complexity index is 748. The molecule has 0 saturated carbocycles. The van der Waals surface area contributed by atoms with Gasteiger partial charge in [-0.05, 0) is 33.4 Å². The minimum absolute atomic E-state index is 0.0731. The molecule has 1 atom stereocenters. The van der Waals surface area contributed by atoms with Gasteiger partial charge in [0.1, 0.15) is 5.82 Å². The number of hydrogen-bond donors (Lipinski definition) is 0. The first-order valence-corrected chi connectivity index (χ1v) is 10.0. The highest BCUT2D eigenvalue weighted by Crippen LogP contribution is 2.33. The van der Waals surface area contributed by atoms with Crippen LogP contribution in [-0.2, 0) is 22.6 Å². The van der Waals surface area contributed by atoms with Crippen molar-refractivity contribution in [2.24, 2.45) is 0 Å². The molecular weight excluding hydrogens is 356 g/mol. The van der Waals surface area contributed by atoms with Crippen LogP contribution >= 0.6 is 0 Å². The van der Waals surface area contributed by atoms with E-state index in [9.17, 15) is 9.59 Å². The monoisotopic (exact) mass is 388 g/mol. The number of hydrogen-bond acceptors (Lipinski definition) is 6. The summed E-state index contributed by atoms with van der Waals surface area (Å²) in [6.45, 7) is 3.99. The van der Waals surface area contributed by atoms with Gasteiger partial charge in [0.25, 0.3) is 0 Å². The Labute approximate surface area is 167 Å². The fourth-order valence-corrected chi connectivity index (χ4v) is 4.06. The zero-order valence-electron chi connectivity index (χ0n) is 17.7. The molecule has 0 bridgehead atoms. The van der Waals surface area contributed by atoms with Crippen molar-refractivity contribution in [1.82, 2.24) is 24.7 Å². The Morgan fingerprint density at radius 2 is 1.86 bits per heavy atom. The van der Waals surface area contributed by atoms with E-state index in [-0.39, 0.29) is 17.9 Å². The smallest absolute Gasteiger partial charge is 0.237 e. The maximum atomic E-state index is 12.8. The van der Waals surface area contributed by atoms with E-state index in [0.29, 0.717) is 19.6 Å². The highest BCUT2D eigenvalue weighted by Gasteiger charge is 2.32. The summed E-state index contributed by atoms with van der Waals surface area (Å²) in [5, 5.41) is 0. The van der Waals surface area contributed by atoms with E-state index < -0.39 is 0 Å². The standard InChI is InChI=1S/C20H32N6O2/c1-14(27)25-11-9-16-15(12-25)20(24(4)5)22-19(21-16)17-8-6-7-10-26(17)18(28)13-23(2)3/h17H,6-13H2,1-5H3. The van der Waals surface area contributed by atoms with Gasteiger partial charge < -0.3 is 19.6 Å². The number of aromatic nitrogens is 2. The summed E-state index contributed by atoms with van der Waals surface area (Å²) in [7, 11) is 7.76. The summed E-state index contributed by atoms with van der Waals surface area (Å²) in [6, 6.07) is -0.0731. The van der Waals surface area contributed by atoms with Crippen LogP contribution in [0.3, 0.4) is 0 Å². The second-order valence-electron chi connectivity index (χ2n) is 8.25. The number of piperidine rings is 1. The Morgan fingerprint density at radius 1 is 1.11 bits per heavy atom. The Kier molecular flexibility index (Phi) is 6.17. The van der Waals surface area contributed by atoms with Crippen molar-refractivity contribution in [3.8, 4) is 0 Å². The molecule has 1 aromatic heterocycles. The molecular formula is C20H32N6O2. The number of rotatable bonds is 4. The van der Waals surface area contributed by atoms with Gasteiger partial charge in [0.2, 0.25) is 11.8 Å². The summed E-state index contributed by atoms with van der Waals surface area (Å²) in [6.07, 6.45) is 3.72. The molecule has 0 radical (unpaired) electrons. The summed E-state index contributed by atoms with van der Waals surface area (Å²) < 4.78 is 0. The zero-order valence-corrected chi connectivity index (χ0v) is 17.7. The number of likely N-dealkylation sites (tertiary alicyclic amines) is 1. The number of carbonyl (C=O) groups excluding carboxylic acids is 2. The predicted molar refractivity (Wildman–Crippen MR) is 108 cm³/mol. The third-order valence-corrected chi connectivity index (χ3v) is 5.50. The lowest BCUT2D eigenvalue weighted by atomic mass is 9.99. The van der Waals surface area contributed by atoms with Crippen molar-refractivity contribution in [2.75, 3.05) is 52.7 Å². The minimum atomic E-state index is -0.0731. The lowest BCUT2D eigenvalue weighted by Gasteiger charge is -2.37. The number of carbonyl (C=O) groups is 2. The molecule has 3 rings (SSSR count). The molecule has 1 aromatic rings. The van der Waals surface area contributed by atoms with Crippen molar-refractivity contribution in [3.63, 3.8) is 0 Å². The topological polar surface area (TPSA) is 72.9 Å². The van der Waals surface area contributed by atoms with Crippen LogP contribution < -0.4 is 4.90 Å². The Morgan fingerprint density at radius 3 is 2.50 bits per heavy atom. The van der Waals surface area contributed by atoms with Crippen molar-refractivity contribution in [3.05, 3.63) is 17.1 Å². The van der Waals surface area contributed by atoms with E-state index in [1.54, 1.807) is 6.92 Å². The van der Waals surface area contributed by atoms with Crippen LogP contribution in [0.2, 0.25) is 0 Å². The van der Waals surface area contributed by atoms with E-state index >= 15 is 0 Å². The molecule has 8 nitrogen and oxygen atoms in total. The van der Waals surface area contributed by atoms with Gasteiger partial charge in [0.05, 0.1) is 24.8 Å². The normalized spacial score (nSPS) is 19.6.